The molecule has 1 aromatic rings. The Kier molecular flexibility index (Phi) is 9.92. The lowest BCUT2D eigenvalue weighted by Gasteiger charge is -2.08. The van der Waals surface area contributed by atoms with Crippen molar-refractivity contribution >= 4 is 0 Å². The number of nitrogens with one attached hydrogen (secondary N) is 1. The minimum absolute atomic E-state index is 0.570. The van der Waals surface area contributed by atoms with E-state index < -0.39 is 0 Å². The first-order valence-electron chi connectivity index (χ1n) is 7.44. The highest BCUT2D eigenvalue weighted by atomic mass is 16.5. The van der Waals surface area contributed by atoms with Crippen molar-refractivity contribution in [1.82, 2.24) is 5.32 Å². The molecule has 0 aromatic heterocycles. The molecule has 0 unspecified atom stereocenters. The van der Waals surface area contributed by atoms with Crippen molar-refractivity contribution in [2.24, 2.45) is 0 Å². The van der Waals surface area contributed by atoms with Crippen LogP contribution in [-0.4, -0.2) is 39.6 Å². The Morgan fingerprint density at radius 2 is 1.50 bits per heavy atom. The maximum absolute atomic E-state index is 5.61. The zero-order chi connectivity index (χ0) is 14.5. The van der Waals surface area contributed by atoms with Gasteiger partial charge in [0, 0.05) is 13.2 Å². The molecule has 0 atom stereocenters. The van der Waals surface area contributed by atoms with Gasteiger partial charge in [0.15, 0.2) is 0 Å². The first kappa shape index (κ1) is 17.0. The summed E-state index contributed by atoms with van der Waals surface area (Å²) in [6.07, 6.45) is 1.05. The third kappa shape index (κ3) is 8.15. The van der Waals surface area contributed by atoms with Gasteiger partial charge in [-0.2, -0.15) is 0 Å². The van der Waals surface area contributed by atoms with Gasteiger partial charge in [-0.05, 0) is 30.7 Å². The molecule has 0 bridgehead atoms. The van der Waals surface area contributed by atoms with Crippen LogP contribution in [0.25, 0.3) is 0 Å². The first-order valence-corrected chi connectivity index (χ1v) is 7.44. The molecular weight excluding hydrogens is 254 g/mol. The van der Waals surface area contributed by atoms with Crippen molar-refractivity contribution < 1.29 is 14.2 Å². The molecule has 0 saturated carbocycles. The third-order valence-electron chi connectivity index (χ3n) is 2.72. The summed E-state index contributed by atoms with van der Waals surface area (Å²) in [7, 11) is 0. The van der Waals surface area contributed by atoms with Crippen molar-refractivity contribution in [3.8, 4) is 5.75 Å². The Morgan fingerprint density at radius 1 is 0.850 bits per heavy atom. The third-order valence-corrected chi connectivity index (χ3v) is 2.72. The van der Waals surface area contributed by atoms with Crippen LogP contribution in [0.1, 0.15) is 25.8 Å². The molecule has 0 aliphatic heterocycles. The maximum Gasteiger partial charge on any atom is 0.119 e. The fourth-order valence-electron chi connectivity index (χ4n) is 1.66. The molecule has 0 amide bonds. The van der Waals surface area contributed by atoms with Crippen LogP contribution in [0, 0.1) is 0 Å². The van der Waals surface area contributed by atoms with Gasteiger partial charge in [0.2, 0.25) is 0 Å². The summed E-state index contributed by atoms with van der Waals surface area (Å²) in [5.41, 5.74) is 1.27. The van der Waals surface area contributed by atoms with Gasteiger partial charge >= 0.3 is 0 Å². The standard InChI is InChI=1S/C16H27NO3/c1-3-9-18-10-11-19-12-13-20-16-7-5-15(6-8-16)14-17-4-2/h5-8,17H,3-4,9-14H2,1-2H3. The van der Waals surface area contributed by atoms with Gasteiger partial charge in [0.25, 0.3) is 0 Å². The number of rotatable bonds is 12. The Morgan fingerprint density at radius 3 is 2.15 bits per heavy atom. The van der Waals surface area contributed by atoms with E-state index in [9.17, 15) is 0 Å². The number of hydrogen-bond donors (Lipinski definition) is 1. The molecule has 114 valence electrons. The van der Waals surface area contributed by atoms with E-state index >= 15 is 0 Å². The molecule has 4 heteroatoms. The van der Waals surface area contributed by atoms with E-state index in [0.717, 1.165) is 31.9 Å². The smallest absolute Gasteiger partial charge is 0.119 e. The van der Waals surface area contributed by atoms with Gasteiger partial charge in [-0.1, -0.05) is 26.0 Å². The minimum Gasteiger partial charge on any atom is -0.491 e. The minimum atomic E-state index is 0.570. The summed E-state index contributed by atoms with van der Waals surface area (Å²) < 4.78 is 16.3. The van der Waals surface area contributed by atoms with E-state index in [1.807, 2.05) is 12.1 Å². The summed E-state index contributed by atoms with van der Waals surface area (Å²) >= 11 is 0. The van der Waals surface area contributed by atoms with Crippen LogP contribution in [0.5, 0.6) is 5.75 Å². The van der Waals surface area contributed by atoms with Crippen LogP contribution in [0.15, 0.2) is 24.3 Å². The molecule has 0 radical (unpaired) electrons. The van der Waals surface area contributed by atoms with Gasteiger partial charge in [0.1, 0.15) is 12.4 Å². The lowest BCUT2D eigenvalue weighted by molar-refractivity contribution is 0.0366. The predicted molar refractivity (Wildman–Crippen MR) is 81.2 cm³/mol. The fraction of sp³-hybridized carbons (Fsp3) is 0.625. The molecular formula is C16H27NO3. The zero-order valence-electron chi connectivity index (χ0n) is 12.7. The van der Waals surface area contributed by atoms with Gasteiger partial charge in [-0.25, -0.2) is 0 Å². The second-order valence-corrected chi connectivity index (χ2v) is 4.50. The molecule has 4 nitrogen and oxygen atoms in total. The van der Waals surface area contributed by atoms with Crippen LogP contribution in [-0.2, 0) is 16.0 Å². The highest BCUT2D eigenvalue weighted by Crippen LogP contribution is 2.11. The van der Waals surface area contributed by atoms with Crippen LogP contribution in [0.4, 0.5) is 0 Å². The quantitative estimate of drug-likeness (QED) is 0.598. The number of benzene rings is 1. The van der Waals surface area contributed by atoms with Crippen LogP contribution >= 0.6 is 0 Å². The molecule has 0 spiro atoms. The van der Waals surface area contributed by atoms with E-state index in [-0.39, 0.29) is 0 Å². The highest BCUT2D eigenvalue weighted by Gasteiger charge is 1.96. The van der Waals surface area contributed by atoms with Crippen LogP contribution < -0.4 is 10.1 Å². The highest BCUT2D eigenvalue weighted by molar-refractivity contribution is 5.27. The van der Waals surface area contributed by atoms with Gasteiger partial charge < -0.3 is 19.5 Å². The normalized spacial score (nSPS) is 10.7. The monoisotopic (exact) mass is 281 g/mol. The average Bonchev–Trinajstić information content (AvgIpc) is 2.49. The molecule has 0 fully saturated rings. The van der Waals surface area contributed by atoms with E-state index in [4.69, 9.17) is 14.2 Å². The van der Waals surface area contributed by atoms with Crippen LogP contribution in [0.2, 0.25) is 0 Å². The van der Waals surface area contributed by atoms with E-state index in [1.54, 1.807) is 0 Å². The van der Waals surface area contributed by atoms with Gasteiger partial charge in [-0.3, -0.25) is 0 Å². The predicted octanol–water partition coefficient (Wildman–Crippen LogP) is 2.62. The van der Waals surface area contributed by atoms with E-state index in [0.29, 0.717) is 26.4 Å². The van der Waals surface area contributed by atoms with Crippen molar-refractivity contribution in [3.05, 3.63) is 29.8 Å². The lowest BCUT2D eigenvalue weighted by atomic mass is 10.2. The lowest BCUT2D eigenvalue weighted by Crippen LogP contribution is -2.12. The summed E-state index contributed by atoms with van der Waals surface area (Å²) in [6, 6.07) is 8.16. The topological polar surface area (TPSA) is 39.7 Å². The Labute approximate surface area is 122 Å². The maximum atomic E-state index is 5.61. The van der Waals surface area contributed by atoms with Crippen molar-refractivity contribution in [1.29, 1.82) is 0 Å². The van der Waals surface area contributed by atoms with Crippen molar-refractivity contribution in [3.63, 3.8) is 0 Å². The van der Waals surface area contributed by atoms with Gasteiger partial charge in [-0.15, -0.1) is 0 Å². The summed E-state index contributed by atoms with van der Waals surface area (Å²) in [5, 5.41) is 3.29. The largest absolute Gasteiger partial charge is 0.491 e. The average molecular weight is 281 g/mol. The second kappa shape index (κ2) is 11.7. The molecule has 0 heterocycles. The molecule has 0 saturated heterocycles. The first-order chi connectivity index (χ1) is 9.86. The molecule has 1 rings (SSSR count). The molecule has 1 N–H and O–H groups in total. The van der Waals surface area contributed by atoms with E-state index in [1.165, 1.54) is 5.56 Å². The Balaban J connectivity index is 2.04. The molecule has 20 heavy (non-hydrogen) atoms. The van der Waals surface area contributed by atoms with Crippen molar-refractivity contribution in [2.45, 2.75) is 26.8 Å². The fourth-order valence-corrected chi connectivity index (χ4v) is 1.66. The summed E-state index contributed by atoms with van der Waals surface area (Å²) in [4.78, 5) is 0. The second-order valence-electron chi connectivity index (χ2n) is 4.50. The van der Waals surface area contributed by atoms with Crippen LogP contribution in [0.3, 0.4) is 0 Å². The summed E-state index contributed by atoms with van der Waals surface area (Å²) in [5.74, 6) is 0.885. The van der Waals surface area contributed by atoms with E-state index in [2.05, 4.69) is 31.3 Å². The molecule has 0 aliphatic carbocycles. The zero-order valence-corrected chi connectivity index (χ0v) is 12.7. The Bertz CT molecular complexity index is 327. The Hall–Kier alpha value is -1.10. The SMILES string of the molecule is CCCOCCOCCOc1ccc(CNCC)cc1. The summed E-state index contributed by atoms with van der Waals surface area (Å²) in [6.45, 7) is 9.34. The van der Waals surface area contributed by atoms with Gasteiger partial charge in [0.05, 0.1) is 19.8 Å². The number of ether oxygens (including phenoxy) is 3. The molecule has 1 aromatic carbocycles. The number of hydrogen-bond acceptors (Lipinski definition) is 4. The van der Waals surface area contributed by atoms with Crippen molar-refractivity contribution in [2.75, 3.05) is 39.6 Å². The molecule has 0 aliphatic rings.